The Hall–Kier alpha value is -0.500. The molecule has 0 bridgehead atoms. The highest BCUT2D eigenvalue weighted by Gasteiger charge is 1.98. The lowest BCUT2D eigenvalue weighted by Gasteiger charge is -2.04. The van der Waals surface area contributed by atoms with Gasteiger partial charge in [-0.1, -0.05) is 13.8 Å². The molecule has 0 saturated carbocycles. The monoisotopic (exact) mass is 181 g/mol. The third kappa shape index (κ3) is 2.86. The third-order valence-electron chi connectivity index (χ3n) is 1.65. The van der Waals surface area contributed by atoms with Crippen LogP contribution in [0.3, 0.4) is 0 Å². The van der Waals surface area contributed by atoms with Crippen LogP contribution in [0.4, 0.5) is 0 Å². The lowest BCUT2D eigenvalue weighted by atomic mass is 10.1. The van der Waals surface area contributed by atoms with Crippen molar-refractivity contribution < 1.29 is 0 Å². The van der Waals surface area contributed by atoms with Gasteiger partial charge in [0.15, 0.2) is 0 Å². The maximum Gasteiger partial charge on any atom is 0.0404 e. The van der Waals surface area contributed by atoms with Gasteiger partial charge in [0.1, 0.15) is 0 Å². The Balaban J connectivity index is 2.72. The third-order valence-corrected chi connectivity index (χ3v) is 2.34. The van der Waals surface area contributed by atoms with Crippen LogP contribution in [0.5, 0.6) is 0 Å². The highest BCUT2D eigenvalue weighted by molar-refractivity contribution is 7.98. The van der Waals surface area contributed by atoms with Gasteiger partial charge < -0.3 is 0 Å². The Labute approximate surface area is 78.6 Å². The molecule has 0 spiro atoms. The molecule has 66 valence electrons. The molecule has 0 aromatic carbocycles. The normalized spacial score (nSPS) is 10.7. The first-order chi connectivity index (χ1) is 5.72. The van der Waals surface area contributed by atoms with Gasteiger partial charge in [-0.2, -0.15) is 0 Å². The van der Waals surface area contributed by atoms with Gasteiger partial charge in [0, 0.05) is 17.3 Å². The predicted octanol–water partition coefficient (Wildman–Crippen LogP) is 3.00. The molecular weight excluding hydrogens is 166 g/mol. The predicted molar refractivity (Wildman–Crippen MR) is 54.6 cm³/mol. The number of thioether (sulfide) groups is 1. The van der Waals surface area contributed by atoms with Gasteiger partial charge in [-0.25, -0.2) is 0 Å². The lowest BCUT2D eigenvalue weighted by Crippen LogP contribution is -1.94. The molecule has 1 aromatic rings. The Morgan fingerprint density at radius 3 is 2.75 bits per heavy atom. The van der Waals surface area contributed by atoms with Gasteiger partial charge in [-0.3, -0.25) is 4.98 Å². The van der Waals surface area contributed by atoms with E-state index in [1.165, 1.54) is 10.5 Å². The Morgan fingerprint density at radius 1 is 1.42 bits per heavy atom. The van der Waals surface area contributed by atoms with Crippen LogP contribution in [0, 0.1) is 5.92 Å². The summed E-state index contributed by atoms with van der Waals surface area (Å²) in [5.41, 5.74) is 1.34. The summed E-state index contributed by atoms with van der Waals surface area (Å²) in [4.78, 5) is 5.45. The van der Waals surface area contributed by atoms with E-state index in [0.717, 1.165) is 6.42 Å². The van der Waals surface area contributed by atoms with Gasteiger partial charge in [-0.15, -0.1) is 11.8 Å². The van der Waals surface area contributed by atoms with Crippen molar-refractivity contribution in [3.63, 3.8) is 0 Å². The minimum atomic E-state index is 0.712. The summed E-state index contributed by atoms with van der Waals surface area (Å²) in [6.45, 7) is 4.46. The van der Waals surface area contributed by atoms with Gasteiger partial charge in [0.2, 0.25) is 0 Å². The second-order valence-corrected chi connectivity index (χ2v) is 4.21. The van der Waals surface area contributed by atoms with E-state index >= 15 is 0 Å². The summed E-state index contributed by atoms with van der Waals surface area (Å²) in [7, 11) is 0. The van der Waals surface area contributed by atoms with Crippen LogP contribution in [0.1, 0.15) is 19.4 Å². The minimum Gasteiger partial charge on any atom is -0.263 e. The maximum absolute atomic E-state index is 4.19. The largest absolute Gasteiger partial charge is 0.263 e. The highest BCUT2D eigenvalue weighted by atomic mass is 32.2. The summed E-state index contributed by atoms with van der Waals surface area (Å²) in [6, 6.07) is 2.22. The summed E-state index contributed by atoms with van der Waals surface area (Å²) >= 11 is 1.75. The molecule has 0 radical (unpaired) electrons. The van der Waals surface area contributed by atoms with E-state index in [0.29, 0.717) is 5.92 Å². The molecule has 0 aliphatic carbocycles. The van der Waals surface area contributed by atoms with Gasteiger partial charge >= 0.3 is 0 Å². The molecule has 0 unspecified atom stereocenters. The van der Waals surface area contributed by atoms with Gasteiger partial charge in [0.05, 0.1) is 0 Å². The average molecular weight is 181 g/mol. The van der Waals surface area contributed by atoms with E-state index in [-0.39, 0.29) is 0 Å². The average Bonchev–Trinajstić information content (AvgIpc) is 2.03. The molecule has 12 heavy (non-hydrogen) atoms. The van der Waals surface area contributed by atoms with Crippen LogP contribution in [0.15, 0.2) is 23.4 Å². The maximum atomic E-state index is 4.19. The smallest absolute Gasteiger partial charge is 0.0404 e. The van der Waals surface area contributed by atoms with Crippen molar-refractivity contribution >= 4 is 11.8 Å². The molecule has 2 heteroatoms. The van der Waals surface area contributed by atoms with Crippen molar-refractivity contribution in [1.82, 2.24) is 4.98 Å². The zero-order valence-electron chi connectivity index (χ0n) is 7.87. The van der Waals surface area contributed by atoms with E-state index in [2.05, 4.69) is 31.2 Å². The van der Waals surface area contributed by atoms with Crippen molar-refractivity contribution in [2.24, 2.45) is 5.92 Å². The van der Waals surface area contributed by atoms with Gasteiger partial charge in [-0.05, 0) is 30.2 Å². The minimum absolute atomic E-state index is 0.712. The molecule has 1 rings (SSSR count). The molecule has 0 N–H and O–H groups in total. The van der Waals surface area contributed by atoms with Crippen LogP contribution < -0.4 is 0 Å². The number of nitrogens with zero attached hydrogens (tertiary/aromatic N) is 1. The molecule has 1 aromatic heterocycles. The molecule has 0 aliphatic rings. The zero-order valence-corrected chi connectivity index (χ0v) is 8.69. The fraction of sp³-hybridized carbons (Fsp3) is 0.500. The number of rotatable bonds is 3. The highest BCUT2D eigenvalue weighted by Crippen LogP contribution is 2.16. The standard InChI is InChI=1S/C10H15NS/c1-8(2)4-9-5-10(12-3)7-11-6-9/h5-8H,4H2,1-3H3. The second-order valence-electron chi connectivity index (χ2n) is 3.33. The molecule has 0 saturated heterocycles. The second kappa shape index (κ2) is 4.51. The van der Waals surface area contributed by atoms with E-state index in [1.54, 1.807) is 11.8 Å². The van der Waals surface area contributed by atoms with Crippen LogP contribution in [-0.4, -0.2) is 11.2 Å². The van der Waals surface area contributed by atoms with Crippen LogP contribution in [0.25, 0.3) is 0 Å². The molecule has 0 atom stereocenters. The number of aromatic nitrogens is 1. The Morgan fingerprint density at radius 2 is 2.17 bits per heavy atom. The van der Waals surface area contributed by atoms with Crippen molar-refractivity contribution in [2.45, 2.75) is 25.2 Å². The first-order valence-electron chi connectivity index (χ1n) is 4.20. The van der Waals surface area contributed by atoms with E-state index < -0.39 is 0 Å². The van der Waals surface area contributed by atoms with E-state index in [1.807, 2.05) is 12.4 Å². The van der Waals surface area contributed by atoms with Crippen molar-refractivity contribution in [3.8, 4) is 0 Å². The fourth-order valence-electron chi connectivity index (χ4n) is 1.16. The van der Waals surface area contributed by atoms with Crippen molar-refractivity contribution in [1.29, 1.82) is 0 Å². The quantitative estimate of drug-likeness (QED) is 0.665. The molecule has 0 amide bonds. The van der Waals surface area contributed by atoms with Gasteiger partial charge in [0.25, 0.3) is 0 Å². The summed E-state index contributed by atoms with van der Waals surface area (Å²) in [5, 5.41) is 0. The number of pyridine rings is 1. The molecule has 1 heterocycles. The molecular formula is C10H15NS. The Kier molecular flexibility index (Phi) is 3.60. The summed E-state index contributed by atoms with van der Waals surface area (Å²) in [6.07, 6.45) is 7.08. The lowest BCUT2D eigenvalue weighted by molar-refractivity contribution is 0.644. The molecule has 0 aliphatic heterocycles. The van der Waals surface area contributed by atoms with Crippen LogP contribution >= 0.6 is 11.8 Å². The Bertz CT molecular complexity index is 245. The molecule has 0 fully saturated rings. The first kappa shape index (κ1) is 9.59. The van der Waals surface area contributed by atoms with E-state index in [4.69, 9.17) is 0 Å². The first-order valence-corrected chi connectivity index (χ1v) is 5.42. The summed E-state index contributed by atoms with van der Waals surface area (Å²) in [5.74, 6) is 0.712. The van der Waals surface area contributed by atoms with E-state index in [9.17, 15) is 0 Å². The topological polar surface area (TPSA) is 12.9 Å². The van der Waals surface area contributed by atoms with Crippen molar-refractivity contribution in [3.05, 3.63) is 24.0 Å². The van der Waals surface area contributed by atoms with Crippen LogP contribution in [0.2, 0.25) is 0 Å². The number of hydrogen-bond donors (Lipinski definition) is 0. The van der Waals surface area contributed by atoms with Crippen molar-refractivity contribution in [2.75, 3.05) is 6.26 Å². The zero-order chi connectivity index (χ0) is 8.97. The fourth-order valence-corrected chi connectivity index (χ4v) is 1.59. The molecule has 1 nitrogen and oxygen atoms in total. The summed E-state index contributed by atoms with van der Waals surface area (Å²) < 4.78 is 0. The SMILES string of the molecule is CSc1cncc(CC(C)C)c1. The van der Waals surface area contributed by atoms with Crippen LogP contribution in [-0.2, 0) is 6.42 Å². The number of hydrogen-bond acceptors (Lipinski definition) is 2.